The van der Waals surface area contributed by atoms with Crippen LogP contribution in [0.15, 0.2) is 23.1 Å². The molecule has 1 aromatic rings. The van der Waals surface area contributed by atoms with Crippen LogP contribution in [0.5, 0.6) is 5.75 Å². The molecule has 0 unspecified atom stereocenters. The van der Waals surface area contributed by atoms with Crippen LogP contribution in [0.2, 0.25) is 0 Å². The van der Waals surface area contributed by atoms with Gasteiger partial charge in [-0.3, -0.25) is 9.59 Å². The number of ether oxygens (including phenoxy) is 1. The fourth-order valence-corrected chi connectivity index (χ4v) is 3.71. The molecule has 0 aliphatic carbocycles. The molecule has 0 radical (unpaired) electrons. The van der Waals surface area contributed by atoms with Crippen LogP contribution in [-0.4, -0.2) is 38.9 Å². The molecule has 1 heterocycles. The Hall–Kier alpha value is -2.13. The molecule has 2 amide bonds. The maximum absolute atomic E-state index is 12.4. The molecule has 2 rings (SSSR count). The van der Waals surface area contributed by atoms with E-state index in [1.54, 1.807) is 0 Å². The molecule has 1 aliphatic heterocycles. The number of benzene rings is 1. The molecule has 0 saturated carbocycles. The second-order valence-electron chi connectivity index (χ2n) is 6.77. The number of nitrogens with one attached hydrogen (secondary N) is 3. The largest absolute Gasteiger partial charge is 0.478 e. The van der Waals surface area contributed by atoms with E-state index in [1.165, 1.54) is 18.2 Å². The van der Waals surface area contributed by atoms with Crippen LogP contribution in [0.3, 0.4) is 0 Å². The van der Waals surface area contributed by atoms with Crippen LogP contribution in [0, 0.1) is 0 Å². The average Bonchev–Trinajstić information content (AvgIpc) is 2.58. The Kier molecular flexibility index (Phi) is 7.20. The highest BCUT2D eigenvalue weighted by molar-refractivity contribution is 7.89. The Morgan fingerprint density at radius 2 is 2.07 bits per heavy atom. The predicted molar refractivity (Wildman–Crippen MR) is 102 cm³/mol. The maximum Gasteiger partial charge on any atom is 0.265 e. The van der Waals surface area contributed by atoms with Crippen molar-refractivity contribution in [2.24, 2.45) is 0 Å². The molecular formula is C18H27N3O5S. The van der Waals surface area contributed by atoms with Crippen molar-refractivity contribution < 1.29 is 22.7 Å². The Balaban J connectivity index is 2.02. The van der Waals surface area contributed by atoms with Gasteiger partial charge in [-0.05, 0) is 44.9 Å². The molecule has 0 aromatic heterocycles. The van der Waals surface area contributed by atoms with Crippen molar-refractivity contribution in [1.29, 1.82) is 0 Å². The van der Waals surface area contributed by atoms with Crippen LogP contribution in [0.1, 0.15) is 46.5 Å². The number of amides is 2. The normalized spacial score (nSPS) is 16.4. The van der Waals surface area contributed by atoms with E-state index in [2.05, 4.69) is 15.4 Å². The molecule has 1 aliphatic rings. The van der Waals surface area contributed by atoms with Gasteiger partial charge in [-0.15, -0.1) is 0 Å². The Morgan fingerprint density at radius 3 is 2.74 bits per heavy atom. The number of anilines is 1. The van der Waals surface area contributed by atoms with Crippen molar-refractivity contribution in [2.75, 3.05) is 11.9 Å². The first-order valence-electron chi connectivity index (χ1n) is 9.13. The molecule has 3 N–H and O–H groups in total. The van der Waals surface area contributed by atoms with Gasteiger partial charge in [0, 0.05) is 19.0 Å². The van der Waals surface area contributed by atoms with E-state index in [9.17, 15) is 18.0 Å². The summed E-state index contributed by atoms with van der Waals surface area (Å²) < 4.78 is 32.9. The van der Waals surface area contributed by atoms with E-state index in [1.807, 2.05) is 20.8 Å². The standard InChI is InChI=1S/C18H27N3O5S/c1-4-5-6-16-18(23)21-14-11-13(7-8-15(14)26-16)27(24,25)19-10-9-17(22)20-12(2)3/h7-8,11-12,16,19H,4-6,9-10H2,1-3H3,(H,20,22)(H,21,23)/t16-/m1/s1. The lowest BCUT2D eigenvalue weighted by Gasteiger charge is -2.26. The predicted octanol–water partition coefficient (Wildman–Crippen LogP) is 1.77. The van der Waals surface area contributed by atoms with Gasteiger partial charge in [0.1, 0.15) is 5.75 Å². The second-order valence-corrected chi connectivity index (χ2v) is 8.53. The van der Waals surface area contributed by atoms with Crippen LogP contribution in [0.25, 0.3) is 0 Å². The van der Waals surface area contributed by atoms with Crippen LogP contribution < -0.4 is 20.1 Å². The van der Waals surface area contributed by atoms with Crippen molar-refractivity contribution >= 4 is 27.5 Å². The maximum atomic E-state index is 12.4. The number of hydrogen-bond acceptors (Lipinski definition) is 5. The minimum Gasteiger partial charge on any atom is -0.478 e. The number of hydrogen-bond donors (Lipinski definition) is 3. The van der Waals surface area contributed by atoms with Gasteiger partial charge in [-0.25, -0.2) is 13.1 Å². The zero-order valence-corrected chi connectivity index (χ0v) is 16.7. The zero-order valence-electron chi connectivity index (χ0n) is 15.9. The number of carbonyl (C=O) groups excluding carboxylic acids is 2. The van der Waals surface area contributed by atoms with Crippen LogP contribution >= 0.6 is 0 Å². The van der Waals surface area contributed by atoms with E-state index >= 15 is 0 Å². The average molecular weight is 397 g/mol. The van der Waals surface area contributed by atoms with Gasteiger partial charge in [0.05, 0.1) is 10.6 Å². The van der Waals surface area contributed by atoms with Gasteiger partial charge in [0.15, 0.2) is 6.10 Å². The van der Waals surface area contributed by atoms with E-state index in [-0.39, 0.29) is 35.7 Å². The molecule has 0 spiro atoms. The number of carbonyl (C=O) groups is 2. The highest BCUT2D eigenvalue weighted by atomic mass is 32.2. The highest BCUT2D eigenvalue weighted by Crippen LogP contribution is 2.32. The summed E-state index contributed by atoms with van der Waals surface area (Å²) in [5, 5.41) is 5.40. The summed E-state index contributed by atoms with van der Waals surface area (Å²) in [6, 6.07) is 4.32. The third-order valence-electron chi connectivity index (χ3n) is 3.99. The fraction of sp³-hybridized carbons (Fsp3) is 0.556. The number of sulfonamides is 1. The lowest BCUT2D eigenvalue weighted by atomic mass is 10.1. The van der Waals surface area contributed by atoms with Gasteiger partial charge in [-0.2, -0.15) is 0 Å². The first-order chi connectivity index (χ1) is 12.7. The Bertz CT molecular complexity index is 792. The molecule has 9 heteroatoms. The lowest BCUT2D eigenvalue weighted by molar-refractivity contribution is -0.124. The van der Waals surface area contributed by atoms with Crippen molar-refractivity contribution in [1.82, 2.24) is 10.0 Å². The fourth-order valence-electron chi connectivity index (χ4n) is 2.65. The smallest absolute Gasteiger partial charge is 0.265 e. The summed E-state index contributed by atoms with van der Waals surface area (Å²) in [6.07, 6.45) is 1.92. The van der Waals surface area contributed by atoms with Gasteiger partial charge in [-0.1, -0.05) is 13.3 Å². The van der Waals surface area contributed by atoms with Crippen molar-refractivity contribution in [3.05, 3.63) is 18.2 Å². The molecular weight excluding hydrogens is 370 g/mol. The van der Waals surface area contributed by atoms with E-state index in [0.29, 0.717) is 17.9 Å². The Labute approximate surface area is 160 Å². The number of rotatable bonds is 9. The summed E-state index contributed by atoms with van der Waals surface area (Å²) in [7, 11) is -3.80. The summed E-state index contributed by atoms with van der Waals surface area (Å²) in [5.41, 5.74) is 0.327. The molecule has 27 heavy (non-hydrogen) atoms. The minimum atomic E-state index is -3.80. The van der Waals surface area contributed by atoms with E-state index in [4.69, 9.17) is 4.74 Å². The van der Waals surface area contributed by atoms with E-state index in [0.717, 1.165) is 12.8 Å². The Morgan fingerprint density at radius 1 is 1.33 bits per heavy atom. The number of unbranched alkanes of at least 4 members (excludes halogenated alkanes) is 1. The first kappa shape index (κ1) is 21.2. The monoisotopic (exact) mass is 397 g/mol. The topological polar surface area (TPSA) is 114 Å². The molecule has 1 atom stereocenters. The van der Waals surface area contributed by atoms with Crippen molar-refractivity contribution in [3.8, 4) is 5.75 Å². The molecule has 8 nitrogen and oxygen atoms in total. The summed E-state index contributed by atoms with van der Waals surface area (Å²) in [5.74, 6) is -0.0493. The molecule has 0 bridgehead atoms. The molecule has 150 valence electrons. The van der Waals surface area contributed by atoms with Crippen LogP contribution in [0.4, 0.5) is 5.69 Å². The van der Waals surface area contributed by atoms with Crippen molar-refractivity contribution in [2.45, 2.75) is 63.5 Å². The highest BCUT2D eigenvalue weighted by Gasteiger charge is 2.28. The summed E-state index contributed by atoms with van der Waals surface area (Å²) >= 11 is 0. The van der Waals surface area contributed by atoms with Gasteiger partial charge < -0.3 is 15.4 Å². The van der Waals surface area contributed by atoms with Crippen molar-refractivity contribution in [3.63, 3.8) is 0 Å². The third-order valence-corrected chi connectivity index (χ3v) is 5.45. The van der Waals surface area contributed by atoms with Gasteiger partial charge >= 0.3 is 0 Å². The summed E-state index contributed by atoms with van der Waals surface area (Å²) in [4.78, 5) is 23.7. The second kappa shape index (κ2) is 9.18. The SMILES string of the molecule is CCCC[C@H]1Oc2ccc(S(=O)(=O)NCCC(=O)NC(C)C)cc2NC1=O. The van der Waals surface area contributed by atoms with Gasteiger partial charge in [0.25, 0.3) is 5.91 Å². The first-order valence-corrected chi connectivity index (χ1v) is 10.6. The molecule has 1 aromatic carbocycles. The molecule has 0 saturated heterocycles. The third kappa shape index (κ3) is 5.93. The zero-order chi connectivity index (χ0) is 20.0. The quantitative estimate of drug-likeness (QED) is 0.588. The van der Waals surface area contributed by atoms with Crippen LogP contribution in [-0.2, 0) is 19.6 Å². The molecule has 0 fully saturated rings. The van der Waals surface area contributed by atoms with Gasteiger partial charge in [0.2, 0.25) is 15.9 Å². The minimum absolute atomic E-state index is 0.000448. The number of fused-ring (bicyclic) bond motifs is 1. The lowest BCUT2D eigenvalue weighted by Crippen LogP contribution is -2.37. The van der Waals surface area contributed by atoms with E-state index < -0.39 is 16.1 Å². The summed E-state index contributed by atoms with van der Waals surface area (Å²) in [6.45, 7) is 5.68.